The fourth-order valence-electron chi connectivity index (χ4n) is 3.39. The van der Waals surface area contributed by atoms with Gasteiger partial charge in [0.1, 0.15) is 24.8 Å². The predicted octanol–water partition coefficient (Wildman–Crippen LogP) is 3.42. The highest BCUT2D eigenvalue weighted by Gasteiger charge is 2.25. The summed E-state index contributed by atoms with van der Waals surface area (Å²) in [5.74, 6) is 2.16. The number of benzene rings is 2. The van der Waals surface area contributed by atoms with E-state index in [1.54, 1.807) is 6.07 Å². The second kappa shape index (κ2) is 5.51. The van der Waals surface area contributed by atoms with Gasteiger partial charge in [-0.05, 0) is 30.7 Å². The SMILES string of the molecule is Fc1cccc(-c2nn(-c3ccc4c(c3)OCCO4)c3c2CCN3)c1. The van der Waals surface area contributed by atoms with Crippen LogP contribution in [0.5, 0.6) is 11.5 Å². The third-order valence-corrected chi connectivity index (χ3v) is 4.52. The zero-order valence-electron chi connectivity index (χ0n) is 13.5. The molecular formula is C19H16FN3O2. The zero-order valence-corrected chi connectivity index (χ0v) is 13.5. The zero-order chi connectivity index (χ0) is 16.8. The minimum atomic E-state index is -0.258. The average Bonchev–Trinajstić information content (AvgIpc) is 3.24. The number of ether oxygens (including phenoxy) is 2. The smallest absolute Gasteiger partial charge is 0.163 e. The number of hydrogen-bond acceptors (Lipinski definition) is 4. The Morgan fingerprint density at radius 2 is 1.92 bits per heavy atom. The van der Waals surface area contributed by atoms with Gasteiger partial charge in [-0.1, -0.05) is 12.1 Å². The summed E-state index contributed by atoms with van der Waals surface area (Å²) in [6.07, 6.45) is 0.867. The summed E-state index contributed by atoms with van der Waals surface area (Å²) >= 11 is 0. The summed E-state index contributed by atoms with van der Waals surface area (Å²) in [6.45, 7) is 1.95. The lowest BCUT2D eigenvalue weighted by molar-refractivity contribution is 0.171. The number of halogens is 1. The van der Waals surface area contributed by atoms with Gasteiger partial charge in [-0.25, -0.2) is 9.07 Å². The molecule has 0 aliphatic carbocycles. The van der Waals surface area contributed by atoms with E-state index in [4.69, 9.17) is 14.6 Å². The highest BCUT2D eigenvalue weighted by Crippen LogP contribution is 2.37. The molecule has 126 valence electrons. The first kappa shape index (κ1) is 14.3. The topological polar surface area (TPSA) is 48.3 Å². The number of nitrogens with zero attached hydrogens (tertiary/aromatic N) is 2. The lowest BCUT2D eigenvalue weighted by atomic mass is 10.1. The minimum Gasteiger partial charge on any atom is -0.486 e. The fourth-order valence-corrected chi connectivity index (χ4v) is 3.39. The molecule has 3 aromatic rings. The van der Waals surface area contributed by atoms with Crippen LogP contribution in [0.15, 0.2) is 42.5 Å². The maximum atomic E-state index is 13.6. The van der Waals surface area contributed by atoms with Crippen LogP contribution in [0.25, 0.3) is 16.9 Å². The number of fused-ring (bicyclic) bond motifs is 2. The van der Waals surface area contributed by atoms with Crippen molar-refractivity contribution in [3.8, 4) is 28.4 Å². The first-order chi connectivity index (χ1) is 12.3. The molecule has 6 heteroatoms. The lowest BCUT2D eigenvalue weighted by Gasteiger charge is -2.19. The Balaban J connectivity index is 1.64. The summed E-state index contributed by atoms with van der Waals surface area (Å²) in [6, 6.07) is 12.3. The van der Waals surface area contributed by atoms with Gasteiger partial charge in [-0.2, -0.15) is 5.10 Å². The molecule has 0 atom stereocenters. The third-order valence-electron chi connectivity index (χ3n) is 4.52. The molecule has 0 bridgehead atoms. The van der Waals surface area contributed by atoms with E-state index in [2.05, 4.69) is 5.32 Å². The molecule has 25 heavy (non-hydrogen) atoms. The van der Waals surface area contributed by atoms with Crippen LogP contribution < -0.4 is 14.8 Å². The van der Waals surface area contributed by atoms with Gasteiger partial charge < -0.3 is 14.8 Å². The molecule has 2 aliphatic heterocycles. The molecule has 3 heterocycles. The summed E-state index contributed by atoms with van der Waals surface area (Å²) in [5.41, 5.74) is 3.60. The van der Waals surface area contributed by atoms with Gasteiger partial charge in [0.25, 0.3) is 0 Å². The van der Waals surface area contributed by atoms with Gasteiger partial charge in [0.2, 0.25) is 0 Å². The second-order valence-electron chi connectivity index (χ2n) is 6.10. The van der Waals surface area contributed by atoms with Crippen molar-refractivity contribution in [3.63, 3.8) is 0 Å². The molecule has 0 saturated carbocycles. The van der Waals surface area contributed by atoms with Crippen molar-refractivity contribution in [1.82, 2.24) is 9.78 Å². The number of aromatic nitrogens is 2. The van der Waals surface area contributed by atoms with Crippen LogP contribution in [0.4, 0.5) is 10.2 Å². The summed E-state index contributed by atoms with van der Waals surface area (Å²) < 4.78 is 26.8. The molecule has 1 N–H and O–H groups in total. The molecule has 0 radical (unpaired) electrons. The first-order valence-corrected chi connectivity index (χ1v) is 8.31. The van der Waals surface area contributed by atoms with Gasteiger partial charge in [0, 0.05) is 23.7 Å². The van der Waals surface area contributed by atoms with Crippen LogP contribution >= 0.6 is 0 Å². The monoisotopic (exact) mass is 337 g/mol. The van der Waals surface area contributed by atoms with E-state index in [0.717, 1.165) is 52.8 Å². The first-order valence-electron chi connectivity index (χ1n) is 8.31. The standard InChI is InChI=1S/C19H16FN3O2/c20-13-3-1-2-12(10-13)18-15-6-7-21-19(15)23(22-18)14-4-5-16-17(11-14)25-9-8-24-16/h1-5,10-11,21H,6-9H2. The Morgan fingerprint density at radius 3 is 2.80 bits per heavy atom. The maximum Gasteiger partial charge on any atom is 0.163 e. The van der Waals surface area contributed by atoms with Crippen LogP contribution in [-0.4, -0.2) is 29.5 Å². The van der Waals surface area contributed by atoms with Crippen molar-refractivity contribution in [1.29, 1.82) is 0 Å². The molecule has 5 nitrogen and oxygen atoms in total. The van der Waals surface area contributed by atoms with Gasteiger partial charge in [-0.15, -0.1) is 0 Å². The summed E-state index contributed by atoms with van der Waals surface area (Å²) in [5, 5.41) is 8.14. The van der Waals surface area contributed by atoms with Crippen molar-refractivity contribution in [2.45, 2.75) is 6.42 Å². The summed E-state index contributed by atoms with van der Waals surface area (Å²) in [4.78, 5) is 0. The van der Waals surface area contributed by atoms with Crippen molar-refractivity contribution in [2.24, 2.45) is 0 Å². The molecule has 0 saturated heterocycles. The van der Waals surface area contributed by atoms with Crippen molar-refractivity contribution in [3.05, 3.63) is 53.8 Å². The van der Waals surface area contributed by atoms with Gasteiger partial charge in [0.15, 0.2) is 11.5 Å². The van der Waals surface area contributed by atoms with Crippen LogP contribution in [0.1, 0.15) is 5.56 Å². The van der Waals surface area contributed by atoms with E-state index in [-0.39, 0.29) is 5.82 Å². The van der Waals surface area contributed by atoms with Gasteiger partial charge in [0.05, 0.1) is 11.4 Å². The molecule has 2 aromatic carbocycles. The van der Waals surface area contributed by atoms with E-state index < -0.39 is 0 Å². The second-order valence-corrected chi connectivity index (χ2v) is 6.10. The van der Waals surface area contributed by atoms with Crippen LogP contribution in [0.2, 0.25) is 0 Å². The quantitative estimate of drug-likeness (QED) is 0.778. The largest absolute Gasteiger partial charge is 0.486 e. The van der Waals surface area contributed by atoms with Crippen LogP contribution in [-0.2, 0) is 6.42 Å². The molecule has 1 aromatic heterocycles. The number of hydrogen-bond donors (Lipinski definition) is 1. The highest BCUT2D eigenvalue weighted by molar-refractivity contribution is 5.73. The van der Waals surface area contributed by atoms with Crippen LogP contribution in [0.3, 0.4) is 0 Å². The minimum absolute atomic E-state index is 0.258. The van der Waals surface area contributed by atoms with E-state index >= 15 is 0 Å². The summed E-state index contributed by atoms with van der Waals surface area (Å²) in [7, 11) is 0. The number of nitrogens with one attached hydrogen (secondary N) is 1. The van der Waals surface area contributed by atoms with E-state index in [1.807, 2.05) is 28.9 Å². The predicted molar refractivity (Wildman–Crippen MR) is 92.1 cm³/mol. The Morgan fingerprint density at radius 1 is 1.04 bits per heavy atom. The van der Waals surface area contributed by atoms with Crippen molar-refractivity contribution >= 4 is 5.82 Å². The molecule has 0 fully saturated rings. The van der Waals surface area contributed by atoms with E-state index in [1.165, 1.54) is 12.1 Å². The van der Waals surface area contributed by atoms with E-state index in [9.17, 15) is 4.39 Å². The van der Waals surface area contributed by atoms with Crippen LogP contribution in [0, 0.1) is 5.82 Å². The molecule has 0 spiro atoms. The third kappa shape index (κ3) is 2.33. The van der Waals surface area contributed by atoms with Crippen molar-refractivity contribution < 1.29 is 13.9 Å². The van der Waals surface area contributed by atoms with E-state index in [0.29, 0.717) is 13.2 Å². The average molecular weight is 337 g/mol. The van der Waals surface area contributed by atoms with Gasteiger partial charge in [-0.3, -0.25) is 0 Å². The highest BCUT2D eigenvalue weighted by atomic mass is 19.1. The fraction of sp³-hybridized carbons (Fsp3) is 0.211. The molecule has 0 unspecified atom stereocenters. The van der Waals surface area contributed by atoms with Crippen molar-refractivity contribution in [2.75, 3.05) is 25.1 Å². The molecule has 0 amide bonds. The maximum absolute atomic E-state index is 13.6. The Hall–Kier alpha value is -3.02. The Bertz CT molecular complexity index is 967. The normalized spacial score (nSPS) is 14.9. The lowest BCUT2D eigenvalue weighted by Crippen LogP contribution is -2.15. The number of rotatable bonds is 2. The molecular weight excluding hydrogens is 321 g/mol. The molecule has 2 aliphatic rings. The van der Waals surface area contributed by atoms with Gasteiger partial charge >= 0.3 is 0 Å². The molecule has 5 rings (SSSR count). The number of anilines is 1. The Labute approximate surface area is 144 Å². The Kier molecular flexibility index (Phi) is 3.16.